The van der Waals surface area contributed by atoms with Crippen molar-refractivity contribution >= 4 is 6.09 Å². The van der Waals surface area contributed by atoms with Gasteiger partial charge in [-0.25, -0.2) is 15.2 Å². The van der Waals surface area contributed by atoms with Crippen LogP contribution in [0.3, 0.4) is 0 Å². The van der Waals surface area contributed by atoms with E-state index < -0.39 is 6.09 Å². The number of halogens is 1. The lowest BCUT2D eigenvalue weighted by molar-refractivity contribution is 0.0859. The molecule has 0 saturated heterocycles. The Balaban J connectivity index is 3.60. The second-order valence-electron chi connectivity index (χ2n) is 2.00. The van der Waals surface area contributed by atoms with Gasteiger partial charge in [-0.2, -0.15) is 11.4 Å². The Morgan fingerprint density at radius 3 is 2.83 bits per heavy atom. The van der Waals surface area contributed by atoms with Gasteiger partial charge in [0.05, 0.1) is 0 Å². The smallest absolute Gasteiger partial charge is 0.356 e. The van der Waals surface area contributed by atoms with Crippen molar-refractivity contribution in [2.45, 2.75) is 6.42 Å². The third-order valence-corrected chi connectivity index (χ3v) is 1.24. The highest BCUT2D eigenvalue weighted by Crippen LogP contribution is 1.88. The number of hydrazine groups is 1. The third-order valence-electron chi connectivity index (χ3n) is 1.24. The first-order chi connectivity index (χ1) is 5.76. The molecule has 0 bridgehead atoms. The topological polar surface area (TPSA) is 79.6 Å². The third kappa shape index (κ3) is 4.06. The number of amides is 1. The van der Waals surface area contributed by atoms with Crippen molar-refractivity contribution in [1.29, 1.82) is 0 Å². The van der Waals surface area contributed by atoms with Gasteiger partial charge in [-0.05, 0) is 6.42 Å². The predicted octanol–water partition coefficient (Wildman–Crippen LogP) is -0.703. The van der Waals surface area contributed by atoms with Crippen LogP contribution in [0.15, 0.2) is 0 Å². The van der Waals surface area contributed by atoms with Crippen LogP contribution in [-0.4, -0.2) is 31.2 Å². The number of nitrogens with one attached hydrogen (secondary N) is 2. The highest BCUT2D eigenvalue weighted by molar-refractivity contribution is 5.66. The summed E-state index contributed by atoms with van der Waals surface area (Å²) in [7, 11) is 1.54. The summed E-state index contributed by atoms with van der Waals surface area (Å²) in [5.41, 5.74) is 4.01. The normalized spacial score (nSPS) is 9.58. The van der Waals surface area contributed by atoms with Crippen molar-refractivity contribution in [2.24, 2.45) is 5.90 Å². The molecule has 0 radical (unpaired) electrons. The van der Waals surface area contributed by atoms with E-state index in [4.69, 9.17) is 0 Å². The van der Waals surface area contributed by atoms with Gasteiger partial charge in [0.25, 0.3) is 0 Å². The number of rotatable bonds is 5. The summed E-state index contributed by atoms with van der Waals surface area (Å²) in [6, 6.07) is 0. The number of nitrogens with zero attached hydrogens (tertiary/aromatic N) is 1. The summed E-state index contributed by atoms with van der Waals surface area (Å²) in [5.74, 6) is 4.63. The molecule has 72 valence electrons. The zero-order valence-electron chi connectivity index (χ0n) is 6.84. The molecular formula is C5H13FN4O2. The molecule has 0 aromatic heterocycles. The van der Waals surface area contributed by atoms with Crippen molar-refractivity contribution in [3.63, 3.8) is 0 Å². The van der Waals surface area contributed by atoms with E-state index in [-0.39, 0.29) is 6.54 Å². The van der Waals surface area contributed by atoms with E-state index in [1.807, 2.05) is 0 Å². The Bertz CT molecular complexity index is 135. The van der Waals surface area contributed by atoms with Gasteiger partial charge in [-0.3, -0.25) is 0 Å². The number of carbonyl (C=O) groups is 1. The van der Waals surface area contributed by atoms with Crippen molar-refractivity contribution in [3.8, 4) is 0 Å². The molecule has 12 heavy (non-hydrogen) atoms. The lowest BCUT2D eigenvalue weighted by Crippen LogP contribution is -2.43. The van der Waals surface area contributed by atoms with E-state index in [0.717, 1.165) is 5.01 Å². The summed E-state index contributed by atoms with van der Waals surface area (Å²) < 4.78 is 11.4. The molecule has 0 heterocycles. The Morgan fingerprint density at radius 2 is 2.42 bits per heavy atom. The highest BCUT2D eigenvalue weighted by Gasteiger charge is 2.10. The summed E-state index contributed by atoms with van der Waals surface area (Å²) >= 11 is 0. The van der Waals surface area contributed by atoms with Gasteiger partial charge in [0, 0.05) is 20.1 Å². The largest absolute Gasteiger partial charge is 0.442 e. The van der Waals surface area contributed by atoms with E-state index in [9.17, 15) is 9.28 Å². The molecule has 0 saturated carbocycles. The Hall–Kier alpha value is -0.920. The molecule has 0 fully saturated rings. The first kappa shape index (κ1) is 11.1. The van der Waals surface area contributed by atoms with E-state index in [2.05, 4.69) is 16.2 Å². The zero-order chi connectivity index (χ0) is 9.40. The van der Waals surface area contributed by atoms with Gasteiger partial charge in [-0.1, -0.05) is 0 Å². The number of nitrogens with two attached hydrogens (primary N) is 1. The molecule has 0 unspecified atom stereocenters. The van der Waals surface area contributed by atoms with Gasteiger partial charge in [0.1, 0.15) is 0 Å². The minimum atomic E-state index is -0.698. The second-order valence-corrected chi connectivity index (χ2v) is 2.00. The quantitative estimate of drug-likeness (QED) is 0.296. The molecule has 0 atom stereocenters. The van der Waals surface area contributed by atoms with E-state index >= 15 is 0 Å². The van der Waals surface area contributed by atoms with E-state index in [1.54, 1.807) is 7.05 Å². The van der Waals surface area contributed by atoms with E-state index in [1.165, 1.54) is 5.54 Å². The molecule has 0 aliphatic heterocycles. The lowest BCUT2D eigenvalue weighted by atomic mass is 10.4. The maximum absolute atomic E-state index is 11.4. The van der Waals surface area contributed by atoms with Crippen molar-refractivity contribution < 1.29 is 14.1 Å². The minimum absolute atomic E-state index is 0.177. The highest BCUT2D eigenvalue weighted by atomic mass is 19.2. The molecule has 1 amide bonds. The fraction of sp³-hybridized carbons (Fsp3) is 0.800. The van der Waals surface area contributed by atoms with Gasteiger partial charge in [0.15, 0.2) is 0 Å². The first-order valence-electron chi connectivity index (χ1n) is 3.45. The number of hydrogen-bond acceptors (Lipinski definition) is 5. The predicted molar refractivity (Wildman–Crippen MR) is 40.2 cm³/mol. The fourth-order valence-electron chi connectivity index (χ4n) is 0.662. The van der Waals surface area contributed by atoms with Gasteiger partial charge in [0.2, 0.25) is 0 Å². The molecule has 6 nitrogen and oxygen atoms in total. The maximum atomic E-state index is 11.4. The maximum Gasteiger partial charge on any atom is 0.442 e. The zero-order valence-corrected chi connectivity index (χ0v) is 6.84. The van der Waals surface area contributed by atoms with Crippen molar-refractivity contribution in [2.75, 3.05) is 20.1 Å². The molecule has 0 spiro atoms. The lowest BCUT2D eigenvalue weighted by Gasteiger charge is -2.18. The molecule has 4 N–H and O–H groups in total. The summed E-state index contributed by atoms with van der Waals surface area (Å²) in [4.78, 5) is 14.7. The summed E-state index contributed by atoms with van der Waals surface area (Å²) in [5, 5.41) is 1.14. The van der Waals surface area contributed by atoms with Crippen LogP contribution in [0.5, 0.6) is 0 Å². The second kappa shape index (κ2) is 6.77. The molecule has 0 aliphatic rings. The average molecular weight is 180 g/mol. The SMILES string of the molecule is CNN(CCCNF)C(=O)ON. The van der Waals surface area contributed by atoms with Crippen LogP contribution in [0.4, 0.5) is 9.28 Å². The van der Waals surface area contributed by atoms with Crippen LogP contribution >= 0.6 is 0 Å². The molecule has 0 aromatic carbocycles. The fourth-order valence-corrected chi connectivity index (χ4v) is 0.662. The van der Waals surface area contributed by atoms with Crippen LogP contribution in [-0.2, 0) is 4.84 Å². The van der Waals surface area contributed by atoms with Gasteiger partial charge < -0.3 is 4.84 Å². The Labute approximate surface area is 69.7 Å². The summed E-state index contributed by atoms with van der Waals surface area (Å²) in [6.45, 7) is 0.499. The molecule has 0 rings (SSSR count). The van der Waals surface area contributed by atoms with Crippen LogP contribution in [0.1, 0.15) is 6.42 Å². The van der Waals surface area contributed by atoms with Crippen LogP contribution < -0.4 is 16.9 Å². The number of hydrogen-bond donors (Lipinski definition) is 3. The van der Waals surface area contributed by atoms with E-state index in [0.29, 0.717) is 13.0 Å². The molecular weight excluding hydrogens is 167 g/mol. The van der Waals surface area contributed by atoms with Crippen molar-refractivity contribution in [1.82, 2.24) is 16.0 Å². The molecule has 7 heteroatoms. The first-order valence-corrected chi connectivity index (χ1v) is 3.45. The van der Waals surface area contributed by atoms with Crippen LogP contribution in [0, 0.1) is 0 Å². The minimum Gasteiger partial charge on any atom is -0.356 e. The monoisotopic (exact) mass is 180 g/mol. The van der Waals surface area contributed by atoms with Crippen molar-refractivity contribution in [3.05, 3.63) is 0 Å². The van der Waals surface area contributed by atoms with Crippen LogP contribution in [0.25, 0.3) is 0 Å². The Morgan fingerprint density at radius 1 is 1.75 bits per heavy atom. The Kier molecular flexibility index (Phi) is 6.25. The van der Waals surface area contributed by atoms with Gasteiger partial charge in [-0.15, -0.1) is 4.48 Å². The van der Waals surface area contributed by atoms with Crippen LogP contribution in [0.2, 0.25) is 0 Å². The average Bonchev–Trinajstić information content (AvgIpc) is 2.11. The van der Waals surface area contributed by atoms with Gasteiger partial charge >= 0.3 is 6.09 Å². The molecule has 0 aromatic rings. The molecule has 0 aliphatic carbocycles. The summed E-state index contributed by atoms with van der Waals surface area (Å²) in [6.07, 6.45) is -0.233. The number of carbonyl (C=O) groups excluding carboxylic acids is 1. The standard InChI is InChI=1S/C5H13FN4O2/c1-8-10(5(11)12-7)4-2-3-9-6/h8-9H,2-4,7H2,1H3.